The fraction of sp³-hybridized carbons (Fsp3) is 0.974. The first-order valence-corrected chi connectivity index (χ1v) is 21.0. The number of hydroxylamine groups is 4. The lowest BCUT2D eigenvalue weighted by Gasteiger charge is -2.61. The number of ether oxygens (including phenoxy) is 9. The molecule has 0 aromatic heterocycles. The number of piperidine rings is 2. The summed E-state index contributed by atoms with van der Waals surface area (Å²) in [6.45, 7) is 9.04. The van der Waals surface area contributed by atoms with Crippen LogP contribution in [0, 0.1) is 0 Å². The number of nitrogens with zero attached hydrogens (tertiary/aromatic N) is 4. The molecular formula is C39H66N4O12. The van der Waals surface area contributed by atoms with Crippen molar-refractivity contribution in [2.24, 2.45) is 0 Å². The third-order valence-corrected chi connectivity index (χ3v) is 13.8. The number of rotatable bonds is 15. The van der Waals surface area contributed by atoms with Crippen molar-refractivity contribution >= 4 is 6.03 Å². The highest BCUT2D eigenvalue weighted by atomic mass is 16.6. The lowest BCUT2D eigenvalue weighted by Crippen LogP contribution is -2.73. The van der Waals surface area contributed by atoms with Crippen LogP contribution in [0.25, 0.3) is 0 Å². The van der Waals surface area contributed by atoms with Gasteiger partial charge in [-0.25, -0.2) is 4.79 Å². The van der Waals surface area contributed by atoms with Gasteiger partial charge in [-0.3, -0.25) is 0 Å². The van der Waals surface area contributed by atoms with E-state index < -0.39 is 22.2 Å². The van der Waals surface area contributed by atoms with Gasteiger partial charge in [-0.1, -0.05) is 0 Å². The van der Waals surface area contributed by atoms with E-state index in [0.29, 0.717) is 196 Å². The summed E-state index contributed by atoms with van der Waals surface area (Å²) in [5, 5.41) is 31.8. The van der Waals surface area contributed by atoms with Crippen LogP contribution in [0.3, 0.4) is 0 Å². The van der Waals surface area contributed by atoms with Crippen molar-refractivity contribution in [3.8, 4) is 0 Å². The maximum Gasteiger partial charge on any atom is 0.320 e. The topological polar surface area (TPSA) is 153 Å². The molecule has 0 saturated carbocycles. The van der Waals surface area contributed by atoms with E-state index in [9.17, 15) is 10.4 Å². The summed E-state index contributed by atoms with van der Waals surface area (Å²) in [4.78, 5) is 19.3. The van der Waals surface area contributed by atoms with Gasteiger partial charge in [-0.15, -0.1) is 20.5 Å². The molecule has 7 rings (SSSR count). The fourth-order valence-electron chi connectivity index (χ4n) is 10.8. The minimum Gasteiger partial charge on any atom is -0.382 e. The first-order chi connectivity index (χ1) is 26.8. The molecule has 0 atom stereocenters. The van der Waals surface area contributed by atoms with Gasteiger partial charge in [0.25, 0.3) is 0 Å². The second kappa shape index (κ2) is 19.2. The van der Waals surface area contributed by atoms with Gasteiger partial charge in [0.05, 0.1) is 94.2 Å². The summed E-state index contributed by atoms with van der Waals surface area (Å²) < 4.78 is 51.7. The van der Waals surface area contributed by atoms with Crippen molar-refractivity contribution in [3.63, 3.8) is 0 Å². The molecular weight excluding hydrogens is 716 g/mol. The summed E-state index contributed by atoms with van der Waals surface area (Å²) in [5.41, 5.74) is -2.35. The van der Waals surface area contributed by atoms with Crippen LogP contribution < -0.4 is 0 Å². The Hall–Kier alpha value is -1.25. The number of hydrogen-bond acceptors (Lipinski definition) is 12. The number of carbonyl (C=O) groups excluding carboxylic acids is 1. The second-order valence-electron chi connectivity index (χ2n) is 17.0. The van der Waals surface area contributed by atoms with Crippen molar-refractivity contribution in [1.29, 1.82) is 0 Å². The number of urea groups is 1. The van der Waals surface area contributed by atoms with Gasteiger partial charge in [0.1, 0.15) is 0 Å². The molecule has 55 heavy (non-hydrogen) atoms. The van der Waals surface area contributed by atoms with Crippen molar-refractivity contribution in [2.75, 3.05) is 126 Å². The molecule has 4 spiro atoms. The Labute approximate surface area is 326 Å². The quantitative estimate of drug-likeness (QED) is 0.225. The molecule has 0 bridgehead atoms. The molecule has 0 aromatic carbocycles. The molecule has 16 heteroatoms. The number of amides is 2. The number of hydrogen-bond donors (Lipinski definition) is 0. The Morgan fingerprint density at radius 2 is 0.818 bits per heavy atom. The van der Waals surface area contributed by atoms with Gasteiger partial charge < -0.3 is 52.4 Å². The second-order valence-corrected chi connectivity index (χ2v) is 17.0. The van der Waals surface area contributed by atoms with Crippen molar-refractivity contribution in [2.45, 2.75) is 117 Å². The van der Waals surface area contributed by atoms with Crippen LogP contribution in [0.4, 0.5) is 4.79 Å². The Kier molecular flexibility index (Phi) is 14.6. The largest absolute Gasteiger partial charge is 0.382 e. The van der Waals surface area contributed by atoms with E-state index in [1.54, 1.807) is 7.11 Å². The smallest absolute Gasteiger partial charge is 0.320 e. The van der Waals surface area contributed by atoms with E-state index in [4.69, 9.17) is 42.6 Å². The first-order valence-electron chi connectivity index (χ1n) is 21.0. The molecule has 0 unspecified atom stereocenters. The van der Waals surface area contributed by atoms with Crippen molar-refractivity contribution in [1.82, 2.24) is 19.9 Å². The zero-order chi connectivity index (χ0) is 38.2. The van der Waals surface area contributed by atoms with Gasteiger partial charge in [-0.2, -0.15) is 0 Å². The first kappa shape index (κ1) is 41.9. The Morgan fingerprint density at radius 3 is 1.15 bits per heavy atom. The van der Waals surface area contributed by atoms with Crippen LogP contribution in [0.15, 0.2) is 0 Å². The molecule has 0 aliphatic carbocycles. The summed E-state index contributed by atoms with van der Waals surface area (Å²) >= 11 is 0. The molecule has 2 radical (unpaired) electrons. The summed E-state index contributed by atoms with van der Waals surface area (Å²) in [7, 11) is 1.65. The third-order valence-electron chi connectivity index (χ3n) is 13.8. The van der Waals surface area contributed by atoms with Crippen molar-refractivity contribution < 1.29 is 57.8 Å². The fourth-order valence-corrected chi connectivity index (χ4v) is 10.8. The Balaban J connectivity index is 1.08. The lowest BCUT2D eigenvalue weighted by atomic mass is 9.68. The third kappa shape index (κ3) is 9.32. The van der Waals surface area contributed by atoms with Gasteiger partial charge >= 0.3 is 6.03 Å². The highest BCUT2D eigenvalue weighted by molar-refractivity contribution is 5.76. The standard InChI is InChI=1S/C39H66N4O12/c1-47-18-19-52-20-21-53-22-23-54-24-25-55-34-30-40(32-26-36(2-10-48-11-3-36)42(45)37(27-32)4-12-49-13-5-37)35(44)41(31-34)33-28-38(6-14-50-15-7-38)43(46)39(29-33)8-16-51-17-9-39/h32-34H,2-31H2,1H3. The molecule has 0 N–H and O–H groups in total. The number of methoxy groups -OCH3 is 1. The molecule has 7 aliphatic rings. The van der Waals surface area contributed by atoms with Crippen LogP contribution in [-0.4, -0.2) is 192 Å². The normalized spacial score (nSPS) is 31.2. The maximum absolute atomic E-state index is 15.2. The van der Waals surface area contributed by atoms with Crippen LogP contribution >= 0.6 is 0 Å². The van der Waals surface area contributed by atoms with Gasteiger partial charge in [-0.05, 0) is 77.0 Å². The van der Waals surface area contributed by atoms with E-state index in [2.05, 4.69) is 9.80 Å². The van der Waals surface area contributed by atoms with E-state index >= 15 is 4.79 Å². The van der Waals surface area contributed by atoms with E-state index in [1.165, 1.54) is 10.1 Å². The van der Waals surface area contributed by atoms with E-state index in [1.807, 2.05) is 0 Å². The molecule has 7 fully saturated rings. The minimum atomic E-state index is -0.588. The van der Waals surface area contributed by atoms with Crippen LogP contribution in [0.5, 0.6) is 0 Å². The average molecular weight is 783 g/mol. The molecule has 2 amide bonds. The zero-order valence-corrected chi connectivity index (χ0v) is 33.1. The molecule has 0 aromatic rings. The SMILES string of the molecule is COCCOCCOCCOCCOC1CN(C2CC3(CCOCC3)N([O])C3(CCOCC3)C2)C(=O)N(C2CC3(CCOCC3)N([O])C3(CCOCC3)C2)C1. The van der Waals surface area contributed by atoms with Crippen LogP contribution in [0.1, 0.15) is 77.0 Å². The highest BCUT2D eigenvalue weighted by Crippen LogP contribution is 2.51. The zero-order valence-electron chi connectivity index (χ0n) is 33.1. The van der Waals surface area contributed by atoms with E-state index in [-0.39, 0.29) is 24.2 Å². The summed E-state index contributed by atoms with van der Waals surface area (Å²) in [5.74, 6) is 0. The van der Waals surface area contributed by atoms with E-state index in [0.717, 1.165) is 0 Å². The summed E-state index contributed by atoms with van der Waals surface area (Å²) in [6, 6.07) is -0.270. The molecule has 7 aliphatic heterocycles. The average Bonchev–Trinajstić information content (AvgIpc) is 3.21. The van der Waals surface area contributed by atoms with Gasteiger partial charge in [0.2, 0.25) is 0 Å². The molecule has 7 heterocycles. The van der Waals surface area contributed by atoms with Gasteiger partial charge in [0.15, 0.2) is 0 Å². The predicted molar refractivity (Wildman–Crippen MR) is 195 cm³/mol. The number of carbonyl (C=O) groups is 1. The maximum atomic E-state index is 15.2. The Morgan fingerprint density at radius 1 is 0.509 bits per heavy atom. The predicted octanol–water partition coefficient (Wildman–Crippen LogP) is 2.62. The molecule has 16 nitrogen and oxygen atoms in total. The monoisotopic (exact) mass is 782 g/mol. The van der Waals surface area contributed by atoms with Crippen LogP contribution in [-0.2, 0) is 53.0 Å². The Bertz CT molecular complexity index is 1060. The highest BCUT2D eigenvalue weighted by Gasteiger charge is 2.61. The van der Waals surface area contributed by atoms with Gasteiger partial charge in [0, 0.05) is 72.0 Å². The summed E-state index contributed by atoms with van der Waals surface area (Å²) in [6.07, 6.45) is 7.40. The minimum absolute atomic E-state index is 0.00184. The molecule has 314 valence electrons. The lowest BCUT2D eigenvalue weighted by molar-refractivity contribution is -0.336. The van der Waals surface area contributed by atoms with Crippen LogP contribution in [0.2, 0.25) is 0 Å². The van der Waals surface area contributed by atoms with Crippen molar-refractivity contribution in [3.05, 3.63) is 0 Å². The molecule has 7 saturated heterocycles.